The number of benzene rings is 2. The fourth-order valence-electron chi connectivity index (χ4n) is 2.18. The van der Waals surface area contributed by atoms with Gasteiger partial charge in [0, 0.05) is 5.56 Å². The number of rotatable bonds is 6. The lowest BCUT2D eigenvalue weighted by Gasteiger charge is -2.10. The minimum Gasteiger partial charge on any atom is -0.471 e. The quantitative estimate of drug-likeness (QED) is 0.632. The van der Waals surface area contributed by atoms with Crippen LogP contribution in [0.2, 0.25) is 0 Å². The maximum atomic E-state index is 13.0. The van der Waals surface area contributed by atoms with Crippen molar-refractivity contribution < 1.29 is 18.7 Å². The summed E-state index contributed by atoms with van der Waals surface area (Å²) in [5, 5.41) is 7.92. The van der Waals surface area contributed by atoms with Crippen molar-refractivity contribution in [3.05, 3.63) is 71.7 Å². The number of halogens is 1. The molecule has 0 aliphatic carbocycles. The zero-order chi connectivity index (χ0) is 18.4. The molecule has 3 rings (SSSR count). The highest BCUT2D eigenvalue weighted by Gasteiger charge is 2.20. The Morgan fingerprint density at radius 2 is 1.77 bits per heavy atom. The smallest absolute Gasteiger partial charge is 0.364 e. The highest BCUT2D eigenvalue weighted by atomic mass is 19.1. The molecule has 26 heavy (non-hydrogen) atoms. The third-order valence-corrected chi connectivity index (χ3v) is 3.44. The number of carbonyl (C=O) groups is 1. The Bertz CT molecular complexity index is 886. The molecule has 0 radical (unpaired) electrons. The van der Waals surface area contributed by atoms with Gasteiger partial charge < -0.3 is 9.47 Å². The first-order valence-electron chi connectivity index (χ1n) is 8.02. The van der Waals surface area contributed by atoms with Gasteiger partial charge >= 0.3 is 5.97 Å². The zero-order valence-electron chi connectivity index (χ0n) is 14.1. The summed E-state index contributed by atoms with van der Waals surface area (Å²) in [6.45, 7) is 1.98. The predicted octanol–water partition coefficient (Wildman–Crippen LogP) is 3.43. The lowest BCUT2D eigenvalue weighted by molar-refractivity contribution is 0.0511. The Balaban J connectivity index is 1.90. The highest BCUT2D eigenvalue weighted by molar-refractivity contribution is 5.89. The highest BCUT2D eigenvalue weighted by Crippen LogP contribution is 2.21. The third kappa shape index (κ3) is 4.18. The van der Waals surface area contributed by atoms with Crippen molar-refractivity contribution in [2.24, 2.45) is 0 Å². The molecule has 1 heterocycles. The molecule has 0 aliphatic heterocycles. The number of ether oxygens (including phenoxy) is 2. The fraction of sp³-hybridized carbons (Fsp3) is 0.158. The molecular formula is C19H16FN3O3. The van der Waals surface area contributed by atoms with E-state index in [1.165, 1.54) is 12.1 Å². The second-order valence-corrected chi connectivity index (χ2v) is 5.29. The van der Waals surface area contributed by atoms with E-state index in [9.17, 15) is 9.18 Å². The molecule has 0 unspecified atom stereocenters. The topological polar surface area (TPSA) is 74.2 Å². The van der Waals surface area contributed by atoms with Crippen LogP contribution in [0.25, 0.3) is 11.4 Å². The Labute approximate surface area is 149 Å². The second kappa shape index (κ2) is 8.15. The average molecular weight is 353 g/mol. The van der Waals surface area contributed by atoms with Crippen molar-refractivity contribution in [3.63, 3.8) is 0 Å². The molecule has 132 valence electrons. The van der Waals surface area contributed by atoms with E-state index in [1.807, 2.05) is 30.3 Å². The van der Waals surface area contributed by atoms with Gasteiger partial charge in [-0.15, -0.1) is 10.2 Å². The normalized spacial score (nSPS) is 10.4. The minimum absolute atomic E-state index is 0.0154. The van der Waals surface area contributed by atoms with Crippen LogP contribution in [-0.4, -0.2) is 27.8 Å². The van der Waals surface area contributed by atoms with Crippen molar-refractivity contribution in [2.75, 3.05) is 6.61 Å². The number of hydrogen-bond donors (Lipinski definition) is 0. The minimum atomic E-state index is -0.666. The van der Waals surface area contributed by atoms with Gasteiger partial charge in [-0.1, -0.05) is 42.5 Å². The van der Waals surface area contributed by atoms with E-state index in [2.05, 4.69) is 15.2 Å². The molecule has 1 aromatic heterocycles. The van der Waals surface area contributed by atoms with Crippen molar-refractivity contribution >= 4 is 5.97 Å². The first-order valence-corrected chi connectivity index (χ1v) is 8.02. The van der Waals surface area contributed by atoms with Gasteiger partial charge in [0.15, 0.2) is 5.82 Å². The van der Waals surface area contributed by atoms with Crippen LogP contribution in [0.15, 0.2) is 54.6 Å². The van der Waals surface area contributed by atoms with Gasteiger partial charge in [-0.05, 0) is 24.6 Å². The molecule has 3 aromatic rings. The van der Waals surface area contributed by atoms with E-state index in [4.69, 9.17) is 9.47 Å². The number of hydrogen-bond acceptors (Lipinski definition) is 6. The van der Waals surface area contributed by atoms with E-state index >= 15 is 0 Å². The molecule has 2 aromatic carbocycles. The van der Waals surface area contributed by atoms with Crippen LogP contribution in [0.5, 0.6) is 5.88 Å². The lowest BCUT2D eigenvalue weighted by atomic mass is 10.2. The largest absolute Gasteiger partial charge is 0.471 e. The van der Waals surface area contributed by atoms with Crippen LogP contribution in [0.3, 0.4) is 0 Å². The summed E-state index contributed by atoms with van der Waals surface area (Å²) in [6, 6.07) is 15.1. The predicted molar refractivity (Wildman–Crippen MR) is 92.0 cm³/mol. The molecule has 0 amide bonds. The maximum Gasteiger partial charge on any atom is 0.364 e. The SMILES string of the molecule is CCOC(=O)c1nnc(-c2ccccc2)nc1OCc1ccc(F)cc1. The second-order valence-electron chi connectivity index (χ2n) is 5.29. The molecular weight excluding hydrogens is 337 g/mol. The maximum absolute atomic E-state index is 13.0. The first kappa shape index (κ1) is 17.5. The van der Waals surface area contributed by atoms with Gasteiger partial charge in [-0.2, -0.15) is 4.98 Å². The molecule has 7 heteroatoms. The van der Waals surface area contributed by atoms with Crippen molar-refractivity contribution in [2.45, 2.75) is 13.5 Å². The summed E-state index contributed by atoms with van der Waals surface area (Å²) < 4.78 is 23.6. The summed E-state index contributed by atoms with van der Waals surface area (Å²) in [5.41, 5.74) is 1.36. The molecule has 0 bridgehead atoms. The third-order valence-electron chi connectivity index (χ3n) is 3.44. The van der Waals surface area contributed by atoms with Crippen molar-refractivity contribution in [1.29, 1.82) is 0 Å². The molecule has 0 spiro atoms. The number of carbonyl (C=O) groups excluding carboxylic acids is 1. The Kier molecular flexibility index (Phi) is 5.48. The van der Waals surface area contributed by atoms with Gasteiger partial charge in [0.2, 0.25) is 5.69 Å². The van der Waals surface area contributed by atoms with Crippen LogP contribution >= 0.6 is 0 Å². The fourth-order valence-corrected chi connectivity index (χ4v) is 2.18. The van der Waals surface area contributed by atoms with Crippen LogP contribution < -0.4 is 4.74 Å². The van der Waals surface area contributed by atoms with E-state index in [0.29, 0.717) is 5.82 Å². The van der Waals surface area contributed by atoms with E-state index in [1.54, 1.807) is 19.1 Å². The van der Waals surface area contributed by atoms with Gasteiger partial charge in [0.25, 0.3) is 5.88 Å². The van der Waals surface area contributed by atoms with Gasteiger partial charge in [-0.3, -0.25) is 0 Å². The zero-order valence-corrected chi connectivity index (χ0v) is 14.1. The molecule has 0 atom stereocenters. The van der Waals surface area contributed by atoms with Gasteiger partial charge in [-0.25, -0.2) is 9.18 Å². The Morgan fingerprint density at radius 3 is 2.46 bits per heavy atom. The van der Waals surface area contributed by atoms with E-state index in [0.717, 1.165) is 11.1 Å². The van der Waals surface area contributed by atoms with Crippen molar-refractivity contribution in [1.82, 2.24) is 15.2 Å². The van der Waals surface area contributed by atoms with E-state index < -0.39 is 5.97 Å². The molecule has 0 N–H and O–H groups in total. The Morgan fingerprint density at radius 1 is 1.04 bits per heavy atom. The van der Waals surface area contributed by atoms with Gasteiger partial charge in [0.1, 0.15) is 12.4 Å². The van der Waals surface area contributed by atoms with Crippen LogP contribution in [0.1, 0.15) is 23.0 Å². The first-order chi connectivity index (χ1) is 12.7. The molecule has 0 aliphatic rings. The Hall–Kier alpha value is -3.35. The number of nitrogens with zero attached hydrogens (tertiary/aromatic N) is 3. The summed E-state index contributed by atoms with van der Waals surface area (Å²) in [5.74, 6) is -0.661. The summed E-state index contributed by atoms with van der Waals surface area (Å²) >= 11 is 0. The lowest BCUT2D eigenvalue weighted by Crippen LogP contribution is -2.13. The summed E-state index contributed by atoms with van der Waals surface area (Å²) in [4.78, 5) is 16.4. The number of esters is 1. The summed E-state index contributed by atoms with van der Waals surface area (Å²) in [7, 11) is 0. The summed E-state index contributed by atoms with van der Waals surface area (Å²) in [6.07, 6.45) is 0. The van der Waals surface area contributed by atoms with Gasteiger partial charge in [0.05, 0.1) is 6.61 Å². The standard InChI is InChI=1S/C19H16FN3O3/c1-2-25-19(24)16-18(26-12-13-8-10-15(20)11-9-13)21-17(23-22-16)14-6-4-3-5-7-14/h3-11H,2,12H2,1H3. The van der Waals surface area contributed by atoms with Crippen LogP contribution in [0.4, 0.5) is 4.39 Å². The van der Waals surface area contributed by atoms with Crippen molar-refractivity contribution in [3.8, 4) is 17.3 Å². The monoisotopic (exact) mass is 353 g/mol. The van der Waals surface area contributed by atoms with E-state index in [-0.39, 0.29) is 30.6 Å². The molecule has 0 fully saturated rings. The average Bonchev–Trinajstić information content (AvgIpc) is 2.68. The molecule has 0 saturated heterocycles. The number of aromatic nitrogens is 3. The molecule has 6 nitrogen and oxygen atoms in total. The molecule has 0 saturated carbocycles. The van der Waals surface area contributed by atoms with Crippen LogP contribution in [-0.2, 0) is 11.3 Å². The van der Waals surface area contributed by atoms with Crippen LogP contribution in [0, 0.1) is 5.82 Å².